The third-order valence-electron chi connectivity index (χ3n) is 3.29. The molecule has 17 heavy (non-hydrogen) atoms. The Labute approximate surface area is 107 Å². The molecule has 2 nitrogen and oxygen atoms in total. The third kappa shape index (κ3) is 2.65. The van der Waals surface area contributed by atoms with E-state index in [9.17, 15) is 4.79 Å². The van der Waals surface area contributed by atoms with Crippen LogP contribution >= 0.6 is 11.8 Å². The van der Waals surface area contributed by atoms with Crippen LogP contribution in [0.25, 0.3) is 0 Å². The topological polar surface area (TPSA) is 20.3 Å². The summed E-state index contributed by atoms with van der Waals surface area (Å²) >= 11 is 1.41. The lowest BCUT2D eigenvalue weighted by molar-refractivity contribution is 0.0135. The second-order valence-electron chi connectivity index (χ2n) is 5.28. The van der Waals surface area contributed by atoms with Crippen LogP contribution in [-0.4, -0.2) is 21.7 Å². The molecular weight excluding hydrogens is 230 g/mol. The predicted molar refractivity (Wildman–Crippen MR) is 73.1 cm³/mol. The van der Waals surface area contributed by atoms with Gasteiger partial charge in [0.15, 0.2) is 0 Å². The van der Waals surface area contributed by atoms with Crippen molar-refractivity contribution >= 4 is 17.0 Å². The minimum atomic E-state index is 0.0419. The van der Waals surface area contributed by atoms with Crippen molar-refractivity contribution in [2.24, 2.45) is 0 Å². The molecule has 0 saturated carbocycles. The zero-order chi connectivity index (χ0) is 12.5. The van der Waals surface area contributed by atoms with Crippen molar-refractivity contribution < 1.29 is 4.79 Å². The standard InChI is InChI=1S/C14H19NOS/c1-11-9-14(2,3)15(11)13(16)17-10-12-7-5-4-6-8-12/h4-8,11H,9-10H2,1-3H3. The van der Waals surface area contributed by atoms with E-state index >= 15 is 0 Å². The zero-order valence-corrected chi connectivity index (χ0v) is 11.5. The highest BCUT2D eigenvalue weighted by atomic mass is 32.2. The first-order valence-corrected chi connectivity index (χ1v) is 6.99. The third-order valence-corrected chi connectivity index (χ3v) is 4.21. The number of hydrogen-bond acceptors (Lipinski definition) is 2. The largest absolute Gasteiger partial charge is 0.326 e. The van der Waals surface area contributed by atoms with Crippen LogP contribution in [0.4, 0.5) is 4.79 Å². The van der Waals surface area contributed by atoms with Gasteiger partial charge in [-0.1, -0.05) is 42.1 Å². The maximum atomic E-state index is 12.1. The summed E-state index contributed by atoms with van der Waals surface area (Å²) in [6, 6.07) is 10.5. The number of carbonyl (C=O) groups is 1. The van der Waals surface area contributed by atoms with Crippen molar-refractivity contribution in [2.75, 3.05) is 0 Å². The summed E-state index contributed by atoms with van der Waals surface area (Å²) < 4.78 is 0. The van der Waals surface area contributed by atoms with Gasteiger partial charge in [-0.25, -0.2) is 0 Å². The fourth-order valence-electron chi connectivity index (χ4n) is 2.61. The van der Waals surface area contributed by atoms with Crippen LogP contribution < -0.4 is 0 Å². The lowest BCUT2D eigenvalue weighted by Crippen LogP contribution is -2.62. The van der Waals surface area contributed by atoms with Gasteiger partial charge in [0.2, 0.25) is 0 Å². The van der Waals surface area contributed by atoms with Crippen LogP contribution in [0.1, 0.15) is 32.8 Å². The first-order chi connectivity index (χ1) is 8.00. The minimum Gasteiger partial charge on any atom is -0.326 e. The Kier molecular flexibility index (Phi) is 3.48. The molecule has 1 heterocycles. The SMILES string of the molecule is CC1CC(C)(C)N1C(=O)SCc1ccccc1. The Morgan fingerprint density at radius 3 is 2.59 bits per heavy atom. The first kappa shape index (κ1) is 12.5. The minimum absolute atomic E-state index is 0.0419. The summed E-state index contributed by atoms with van der Waals surface area (Å²) in [7, 11) is 0. The molecule has 1 fully saturated rings. The van der Waals surface area contributed by atoms with E-state index in [1.165, 1.54) is 17.3 Å². The number of rotatable bonds is 2. The van der Waals surface area contributed by atoms with Crippen molar-refractivity contribution in [1.82, 2.24) is 4.90 Å². The highest BCUT2D eigenvalue weighted by Gasteiger charge is 2.45. The van der Waals surface area contributed by atoms with Crippen LogP contribution in [0, 0.1) is 0 Å². The van der Waals surface area contributed by atoms with E-state index in [2.05, 4.69) is 32.9 Å². The van der Waals surface area contributed by atoms with Crippen molar-refractivity contribution in [3.8, 4) is 0 Å². The van der Waals surface area contributed by atoms with E-state index in [4.69, 9.17) is 0 Å². The van der Waals surface area contributed by atoms with Gasteiger partial charge in [-0.15, -0.1) is 0 Å². The molecule has 0 aromatic heterocycles. The summed E-state index contributed by atoms with van der Waals surface area (Å²) in [5.74, 6) is 0.763. The average Bonchev–Trinajstić information content (AvgIpc) is 2.26. The van der Waals surface area contributed by atoms with E-state index in [-0.39, 0.29) is 10.8 Å². The number of benzene rings is 1. The van der Waals surface area contributed by atoms with Gasteiger partial charge in [0, 0.05) is 17.3 Å². The van der Waals surface area contributed by atoms with Gasteiger partial charge in [-0.3, -0.25) is 4.79 Å². The number of carbonyl (C=O) groups excluding carboxylic acids is 1. The Morgan fingerprint density at radius 2 is 2.06 bits per heavy atom. The molecule has 0 aliphatic carbocycles. The second-order valence-corrected chi connectivity index (χ2v) is 6.20. The fraction of sp³-hybridized carbons (Fsp3) is 0.500. The van der Waals surface area contributed by atoms with Gasteiger partial charge in [-0.2, -0.15) is 0 Å². The number of thioether (sulfide) groups is 1. The molecule has 1 saturated heterocycles. The monoisotopic (exact) mass is 249 g/mol. The Balaban J connectivity index is 1.90. The predicted octanol–water partition coefficient (Wildman–Crippen LogP) is 3.91. The van der Waals surface area contributed by atoms with Crippen LogP contribution in [0.2, 0.25) is 0 Å². The molecule has 1 amide bonds. The molecule has 0 radical (unpaired) electrons. The summed E-state index contributed by atoms with van der Waals surface area (Å²) in [4.78, 5) is 14.1. The van der Waals surface area contributed by atoms with Gasteiger partial charge in [-0.05, 0) is 32.8 Å². The molecule has 1 aliphatic rings. The summed E-state index contributed by atoms with van der Waals surface area (Å²) in [5.41, 5.74) is 1.25. The van der Waals surface area contributed by atoms with Gasteiger partial charge >= 0.3 is 0 Å². The molecule has 0 spiro atoms. The summed E-state index contributed by atoms with van der Waals surface area (Å²) in [6.45, 7) is 6.38. The van der Waals surface area contributed by atoms with Crippen molar-refractivity contribution in [3.05, 3.63) is 35.9 Å². The van der Waals surface area contributed by atoms with Crippen molar-refractivity contribution in [1.29, 1.82) is 0 Å². The second kappa shape index (κ2) is 4.73. The van der Waals surface area contributed by atoms with E-state index in [1.807, 2.05) is 23.1 Å². The highest BCUT2D eigenvalue weighted by Crippen LogP contribution is 2.38. The van der Waals surface area contributed by atoms with Gasteiger partial charge in [0.05, 0.1) is 0 Å². The molecular formula is C14H19NOS. The Morgan fingerprint density at radius 1 is 1.41 bits per heavy atom. The number of amides is 1. The zero-order valence-electron chi connectivity index (χ0n) is 10.6. The average molecular weight is 249 g/mol. The van der Waals surface area contributed by atoms with Crippen LogP contribution in [-0.2, 0) is 5.75 Å². The smallest absolute Gasteiger partial charge is 0.282 e. The van der Waals surface area contributed by atoms with Crippen LogP contribution in [0.15, 0.2) is 30.3 Å². The first-order valence-electron chi connectivity index (χ1n) is 6.01. The molecule has 1 aliphatic heterocycles. The summed E-state index contributed by atoms with van der Waals surface area (Å²) in [6.07, 6.45) is 1.10. The van der Waals surface area contributed by atoms with E-state index in [0.29, 0.717) is 6.04 Å². The maximum absolute atomic E-state index is 12.1. The number of likely N-dealkylation sites (tertiary alicyclic amines) is 1. The molecule has 2 rings (SSSR count). The van der Waals surface area contributed by atoms with E-state index in [1.54, 1.807) is 0 Å². The van der Waals surface area contributed by atoms with Gasteiger partial charge in [0.1, 0.15) is 0 Å². The molecule has 1 unspecified atom stereocenters. The molecule has 1 aromatic carbocycles. The fourth-order valence-corrected chi connectivity index (χ4v) is 3.66. The maximum Gasteiger partial charge on any atom is 0.282 e. The molecule has 0 N–H and O–H groups in total. The van der Waals surface area contributed by atoms with Crippen molar-refractivity contribution in [2.45, 2.75) is 44.5 Å². The normalized spacial score (nSPS) is 22.1. The molecule has 0 bridgehead atoms. The molecule has 1 aromatic rings. The van der Waals surface area contributed by atoms with Crippen molar-refractivity contribution in [3.63, 3.8) is 0 Å². The van der Waals surface area contributed by atoms with Crippen LogP contribution in [0.5, 0.6) is 0 Å². The number of hydrogen-bond donors (Lipinski definition) is 0. The highest BCUT2D eigenvalue weighted by molar-refractivity contribution is 8.12. The Hall–Kier alpha value is -0.960. The van der Waals surface area contributed by atoms with Gasteiger partial charge < -0.3 is 4.90 Å². The lowest BCUT2D eigenvalue weighted by atomic mass is 9.83. The molecule has 1 atom stereocenters. The van der Waals surface area contributed by atoms with Crippen LogP contribution in [0.3, 0.4) is 0 Å². The number of nitrogens with zero attached hydrogens (tertiary/aromatic N) is 1. The summed E-state index contributed by atoms with van der Waals surface area (Å²) in [5, 5.41) is 0.206. The van der Waals surface area contributed by atoms with Gasteiger partial charge in [0.25, 0.3) is 5.24 Å². The van der Waals surface area contributed by atoms with E-state index < -0.39 is 0 Å². The lowest BCUT2D eigenvalue weighted by Gasteiger charge is -2.53. The molecule has 3 heteroatoms. The quantitative estimate of drug-likeness (QED) is 0.792. The molecule has 92 valence electrons. The Bertz CT molecular complexity index is 402. The van der Waals surface area contributed by atoms with E-state index in [0.717, 1.165) is 12.2 Å².